The van der Waals surface area contributed by atoms with Gasteiger partial charge in [-0.3, -0.25) is 18.7 Å². The molecule has 0 bridgehead atoms. The number of fused-ring (bicyclic) bond motifs is 2. The average molecular weight is 773 g/mol. The summed E-state index contributed by atoms with van der Waals surface area (Å²) in [5.41, 5.74) is 4.95. The largest absolute Gasteiger partial charge is 0.480 e. The van der Waals surface area contributed by atoms with Crippen molar-refractivity contribution < 1.29 is 52.7 Å². The number of aromatic nitrogens is 4. The lowest BCUT2D eigenvalue weighted by Gasteiger charge is -2.29. The number of methoxy groups -OCH3 is 2. The zero-order valence-corrected chi connectivity index (χ0v) is 32.4. The van der Waals surface area contributed by atoms with E-state index in [0.29, 0.717) is 18.2 Å². The number of imidazole rings is 1. The van der Waals surface area contributed by atoms with E-state index in [1.165, 1.54) is 32.0 Å². The highest BCUT2D eigenvalue weighted by atomic mass is 31.2. The van der Waals surface area contributed by atoms with Gasteiger partial charge in [0.2, 0.25) is 11.8 Å². The number of carbonyl (C=O) groups excluding carboxylic acids is 1. The zero-order chi connectivity index (χ0) is 39.7. The fourth-order valence-electron chi connectivity index (χ4n) is 6.30. The highest BCUT2D eigenvalue weighted by Crippen LogP contribution is 2.48. The summed E-state index contributed by atoms with van der Waals surface area (Å²) in [4.78, 5) is 37.2. The number of aliphatic hydroxyl groups is 2. The molecule has 2 aromatic heterocycles. The van der Waals surface area contributed by atoms with Crippen LogP contribution in [0.3, 0.4) is 0 Å². The van der Waals surface area contributed by atoms with Crippen LogP contribution in [0.4, 0.5) is 5.95 Å². The van der Waals surface area contributed by atoms with Gasteiger partial charge in [0.25, 0.3) is 0 Å². The van der Waals surface area contributed by atoms with Gasteiger partial charge in [-0.15, -0.1) is 0 Å². The van der Waals surface area contributed by atoms with E-state index in [0.717, 1.165) is 10.9 Å². The third-order valence-corrected chi connectivity index (χ3v) is 11.1. The minimum absolute atomic E-state index is 0.0828. The van der Waals surface area contributed by atoms with Crippen molar-refractivity contribution in [1.29, 1.82) is 0 Å². The number of esters is 1. The second-order valence-electron chi connectivity index (χ2n) is 15.0. The zero-order valence-electron chi connectivity index (χ0n) is 31.5. The Morgan fingerprint density at radius 2 is 1.81 bits per heavy atom. The maximum absolute atomic E-state index is 14.7. The Morgan fingerprint density at radius 1 is 1.13 bits per heavy atom. The first-order valence-corrected chi connectivity index (χ1v) is 19.0. The SMILES string of the molecule is COC(=O)[C@@H](C)c1ccc2cc(OP(=O)(N[C@H](C(=O)O)C(C)CCC(C)(C)C)OC[C@H]3OC(n4cnc5c(OC)nc(N)nc54)[C@](C)(O)[C@@H]3O)ccc2c1. The predicted octanol–water partition coefficient (Wildman–Crippen LogP) is 4.57. The van der Waals surface area contributed by atoms with Crippen molar-refractivity contribution in [3.63, 3.8) is 0 Å². The fraction of sp³-hybridized carbons (Fsp3) is 0.528. The van der Waals surface area contributed by atoms with Gasteiger partial charge in [0, 0.05) is 0 Å². The molecule has 8 atom stereocenters. The summed E-state index contributed by atoms with van der Waals surface area (Å²) >= 11 is 0. The lowest BCUT2D eigenvalue weighted by atomic mass is 9.85. The summed E-state index contributed by atoms with van der Waals surface area (Å²) < 4.78 is 44.1. The van der Waals surface area contributed by atoms with E-state index < -0.39 is 62.2 Å². The Labute approximate surface area is 312 Å². The summed E-state index contributed by atoms with van der Waals surface area (Å²) in [7, 11) is -1.88. The molecule has 1 fully saturated rings. The molecule has 0 spiro atoms. The monoisotopic (exact) mass is 772 g/mol. The fourth-order valence-corrected chi connectivity index (χ4v) is 7.92. The number of carboxylic acid groups (broad SMARTS) is 1. The molecule has 1 saturated heterocycles. The molecule has 4 aromatic rings. The van der Waals surface area contributed by atoms with Crippen LogP contribution in [-0.4, -0.2) is 91.5 Å². The number of aliphatic carboxylic acids is 1. The van der Waals surface area contributed by atoms with Crippen molar-refractivity contribution in [3.05, 3.63) is 48.3 Å². The van der Waals surface area contributed by atoms with E-state index in [1.54, 1.807) is 44.2 Å². The number of nitrogens with zero attached hydrogens (tertiary/aromatic N) is 4. The van der Waals surface area contributed by atoms with Gasteiger partial charge < -0.3 is 39.8 Å². The van der Waals surface area contributed by atoms with E-state index in [9.17, 15) is 29.5 Å². The Bertz CT molecular complexity index is 2050. The lowest BCUT2D eigenvalue weighted by Crippen LogP contribution is -2.45. The topological polar surface area (TPSA) is 240 Å². The molecule has 18 heteroatoms. The molecule has 1 aliphatic heterocycles. The van der Waals surface area contributed by atoms with Gasteiger partial charge in [0.1, 0.15) is 29.6 Å². The van der Waals surface area contributed by atoms with Crippen LogP contribution < -0.4 is 20.1 Å². The number of nitrogen functional groups attached to an aromatic ring is 1. The molecule has 2 aromatic carbocycles. The molecule has 0 amide bonds. The van der Waals surface area contributed by atoms with Gasteiger partial charge in [0.15, 0.2) is 17.4 Å². The summed E-state index contributed by atoms with van der Waals surface area (Å²) in [6, 6.07) is 8.85. The Hall–Kier alpha value is -4.38. The number of carboxylic acids is 1. The number of hydrogen-bond acceptors (Lipinski definition) is 14. The molecule has 3 unspecified atom stereocenters. The van der Waals surface area contributed by atoms with Gasteiger partial charge in [0.05, 0.1) is 33.1 Å². The minimum atomic E-state index is -4.58. The van der Waals surface area contributed by atoms with E-state index in [1.807, 2.05) is 26.8 Å². The first kappa shape index (κ1) is 40.8. The molecule has 294 valence electrons. The second kappa shape index (κ2) is 15.8. The third kappa shape index (κ3) is 8.77. The Morgan fingerprint density at radius 3 is 2.46 bits per heavy atom. The number of nitrogens with two attached hydrogens (primary N) is 1. The number of benzene rings is 2. The molecule has 6 N–H and O–H groups in total. The first-order chi connectivity index (χ1) is 25.3. The minimum Gasteiger partial charge on any atom is -0.480 e. The Kier molecular flexibility index (Phi) is 11.9. The second-order valence-corrected chi connectivity index (χ2v) is 16.7. The van der Waals surface area contributed by atoms with E-state index in [-0.39, 0.29) is 40.1 Å². The van der Waals surface area contributed by atoms with Crippen LogP contribution in [-0.2, 0) is 28.2 Å². The highest BCUT2D eigenvalue weighted by Gasteiger charge is 2.54. The van der Waals surface area contributed by atoms with Crippen molar-refractivity contribution in [2.24, 2.45) is 11.3 Å². The average Bonchev–Trinajstić information content (AvgIpc) is 3.63. The molecule has 17 nitrogen and oxygen atoms in total. The first-order valence-electron chi connectivity index (χ1n) is 17.4. The highest BCUT2D eigenvalue weighted by molar-refractivity contribution is 7.52. The van der Waals surface area contributed by atoms with Gasteiger partial charge in [-0.2, -0.15) is 15.1 Å². The van der Waals surface area contributed by atoms with Crippen molar-refractivity contribution >= 4 is 47.6 Å². The molecule has 5 rings (SSSR count). The van der Waals surface area contributed by atoms with Gasteiger partial charge in [-0.25, -0.2) is 9.55 Å². The van der Waals surface area contributed by atoms with Crippen LogP contribution in [0, 0.1) is 11.3 Å². The molecule has 54 heavy (non-hydrogen) atoms. The molecular formula is C36H49N6O11P. The van der Waals surface area contributed by atoms with E-state index in [2.05, 4.69) is 20.0 Å². The summed E-state index contributed by atoms with van der Waals surface area (Å²) in [5, 5.41) is 37.1. The molecule has 0 aliphatic carbocycles. The maximum Gasteiger partial charge on any atom is 0.459 e. The number of ether oxygens (including phenoxy) is 3. The number of carbonyl (C=O) groups is 2. The number of nitrogens with one attached hydrogen (secondary N) is 1. The maximum atomic E-state index is 14.7. The normalized spacial score (nSPS) is 23.1. The third-order valence-electron chi connectivity index (χ3n) is 9.61. The standard InChI is InChI=1S/C36H49N6O11P/c1-19(13-14-35(3,4)5)26(31(44)45)41-54(48,53-24-12-11-22-15-21(9-10-23(22)16-24)20(2)32(46)50-8)51-17-25-28(43)36(6,47)33(52-25)42-18-38-27-29(42)39-34(37)40-30(27)49-7/h9-12,15-16,18-20,25-26,28,33,43,47H,13-14,17H2,1-8H3,(H,41,48)(H,44,45)(H2,37,39,40)/t19?,20-,25+,26-,28+,33?,36+,54?/m0/s1. The van der Waals surface area contributed by atoms with Crippen molar-refractivity contribution in [2.75, 3.05) is 26.6 Å². The van der Waals surface area contributed by atoms with Crippen LogP contribution in [0.5, 0.6) is 11.6 Å². The number of anilines is 1. The number of hydrogen-bond donors (Lipinski definition) is 5. The van der Waals surface area contributed by atoms with E-state index in [4.69, 9.17) is 29.0 Å². The molecule has 0 saturated carbocycles. The number of rotatable bonds is 15. The van der Waals surface area contributed by atoms with Crippen LogP contribution in [0.15, 0.2) is 42.7 Å². The van der Waals surface area contributed by atoms with Crippen molar-refractivity contribution in [2.45, 2.75) is 90.4 Å². The van der Waals surface area contributed by atoms with Gasteiger partial charge in [-0.05, 0) is 66.5 Å². The molecule has 1 aliphatic rings. The molecular weight excluding hydrogens is 723 g/mol. The molecule has 3 heterocycles. The molecule has 0 radical (unpaired) electrons. The van der Waals surface area contributed by atoms with Crippen LogP contribution in [0.2, 0.25) is 0 Å². The quantitative estimate of drug-likeness (QED) is 0.0822. The summed E-state index contributed by atoms with van der Waals surface area (Å²) in [5.74, 6) is -2.60. The smallest absolute Gasteiger partial charge is 0.459 e. The predicted molar refractivity (Wildman–Crippen MR) is 198 cm³/mol. The summed E-state index contributed by atoms with van der Waals surface area (Å²) in [6.07, 6.45) is -1.68. The van der Waals surface area contributed by atoms with E-state index >= 15 is 0 Å². The van der Waals surface area contributed by atoms with Crippen molar-refractivity contribution in [1.82, 2.24) is 24.6 Å². The summed E-state index contributed by atoms with van der Waals surface area (Å²) in [6.45, 7) is 10.3. The van der Waals surface area contributed by atoms with Crippen molar-refractivity contribution in [3.8, 4) is 11.6 Å². The lowest BCUT2D eigenvalue weighted by molar-refractivity contribution is -0.142. The number of aliphatic hydroxyl groups excluding tert-OH is 1. The van der Waals surface area contributed by atoms with Crippen LogP contribution >= 0.6 is 7.75 Å². The van der Waals surface area contributed by atoms with Crippen LogP contribution in [0.25, 0.3) is 21.9 Å². The van der Waals surface area contributed by atoms with Gasteiger partial charge in [-0.1, -0.05) is 52.0 Å². The van der Waals surface area contributed by atoms with Gasteiger partial charge >= 0.3 is 19.7 Å². The Balaban J connectivity index is 1.44. The van der Waals surface area contributed by atoms with Crippen LogP contribution in [0.1, 0.15) is 72.1 Å².